The summed E-state index contributed by atoms with van der Waals surface area (Å²) in [7, 11) is 1.58. The second kappa shape index (κ2) is 3.98. The molecule has 0 saturated carbocycles. The predicted octanol–water partition coefficient (Wildman–Crippen LogP) is 1.65. The lowest BCUT2D eigenvalue weighted by Gasteiger charge is -2.11. The summed E-state index contributed by atoms with van der Waals surface area (Å²) in [6.45, 7) is 0.225. The summed E-state index contributed by atoms with van der Waals surface area (Å²) < 4.78 is 10.2. The van der Waals surface area contributed by atoms with E-state index in [2.05, 4.69) is 0 Å². The standard InChI is InChI=1S/C11H14O3/c1-13-7-14-10-4-2-3-8-5-6-9(12)11(8)10/h2-4,9,12H,5-7H2,1H3. The Kier molecular flexibility index (Phi) is 2.70. The maximum Gasteiger partial charge on any atom is 0.188 e. The third-order valence-electron chi connectivity index (χ3n) is 2.51. The zero-order chi connectivity index (χ0) is 9.97. The maximum atomic E-state index is 9.74. The monoisotopic (exact) mass is 194 g/mol. The second-order valence-electron chi connectivity index (χ2n) is 3.43. The number of fused-ring (bicyclic) bond motifs is 1. The Hall–Kier alpha value is -1.06. The second-order valence-corrected chi connectivity index (χ2v) is 3.43. The van der Waals surface area contributed by atoms with Gasteiger partial charge in [0, 0.05) is 12.7 Å². The summed E-state index contributed by atoms with van der Waals surface area (Å²) in [5.41, 5.74) is 2.12. The van der Waals surface area contributed by atoms with Crippen molar-refractivity contribution in [2.45, 2.75) is 18.9 Å². The molecule has 1 aliphatic rings. The number of benzene rings is 1. The Morgan fingerprint density at radius 1 is 1.50 bits per heavy atom. The fraction of sp³-hybridized carbons (Fsp3) is 0.455. The number of hydrogen-bond donors (Lipinski definition) is 1. The van der Waals surface area contributed by atoms with Gasteiger partial charge in [0.2, 0.25) is 0 Å². The van der Waals surface area contributed by atoms with E-state index >= 15 is 0 Å². The molecule has 0 amide bonds. The summed E-state index contributed by atoms with van der Waals surface area (Å²) in [5, 5.41) is 9.74. The van der Waals surface area contributed by atoms with E-state index in [9.17, 15) is 5.11 Å². The minimum absolute atomic E-state index is 0.225. The van der Waals surface area contributed by atoms with Crippen LogP contribution in [0.25, 0.3) is 0 Å². The minimum atomic E-state index is -0.377. The number of aliphatic hydroxyl groups is 1. The van der Waals surface area contributed by atoms with Crippen LogP contribution >= 0.6 is 0 Å². The van der Waals surface area contributed by atoms with Gasteiger partial charge >= 0.3 is 0 Å². The van der Waals surface area contributed by atoms with Crippen LogP contribution in [0.5, 0.6) is 5.75 Å². The summed E-state index contributed by atoms with van der Waals surface area (Å²) in [4.78, 5) is 0. The fourth-order valence-corrected chi connectivity index (χ4v) is 1.87. The van der Waals surface area contributed by atoms with E-state index in [0.29, 0.717) is 0 Å². The minimum Gasteiger partial charge on any atom is -0.467 e. The van der Waals surface area contributed by atoms with Crippen molar-refractivity contribution in [3.05, 3.63) is 29.3 Å². The highest BCUT2D eigenvalue weighted by atomic mass is 16.7. The molecule has 76 valence electrons. The quantitative estimate of drug-likeness (QED) is 0.743. The Bertz CT molecular complexity index is 322. The average Bonchev–Trinajstić information content (AvgIpc) is 2.58. The van der Waals surface area contributed by atoms with Crippen LogP contribution in [0, 0.1) is 0 Å². The van der Waals surface area contributed by atoms with Crippen LogP contribution in [0.2, 0.25) is 0 Å². The SMILES string of the molecule is COCOc1cccc2c1C(O)CC2. The van der Waals surface area contributed by atoms with Crippen molar-refractivity contribution >= 4 is 0 Å². The molecule has 1 unspecified atom stereocenters. The Morgan fingerprint density at radius 2 is 2.36 bits per heavy atom. The number of aryl methyl sites for hydroxylation is 1. The van der Waals surface area contributed by atoms with Crippen LogP contribution in [-0.2, 0) is 11.2 Å². The number of methoxy groups -OCH3 is 1. The molecule has 0 bridgehead atoms. The van der Waals surface area contributed by atoms with Crippen LogP contribution < -0.4 is 4.74 Å². The average molecular weight is 194 g/mol. The third-order valence-corrected chi connectivity index (χ3v) is 2.51. The van der Waals surface area contributed by atoms with E-state index in [4.69, 9.17) is 9.47 Å². The van der Waals surface area contributed by atoms with E-state index in [1.54, 1.807) is 7.11 Å². The predicted molar refractivity (Wildman–Crippen MR) is 52.2 cm³/mol. The molecule has 0 aromatic heterocycles. The Balaban J connectivity index is 2.27. The largest absolute Gasteiger partial charge is 0.467 e. The molecular weight excluding hydrogens is 180 g/mol. The highest BCUT2D eigenvalue weighted by Crippen LogP contribution is 2.37. The molecule has 0 radical (unpaired) electrons. The molecule has 1 N–H and O–H groups in total. The van der Waals surface area contributed by atoms with Crippen molar-refractivity contribution in [3.63, 3.8) is 0 Å². The summed E-state index contributed by atoms with van der Waals surface area (Å²) in [6.07, 6.45) is 1.35. The highest BCUT2D eigenvalue weighted by molar-refractivity contribution is 5.44. The first-order chi connectivity index (χ1) is 6.83. The molecular formula is C11H14O3. The van der Waals surface area contributed by atoms with Gasteiger partial charge in [0.15, 0.2) is 6.79 Å². The number of rotatable bonds is 3. The van der Waals surface area contributed by atoms with Crippen LogP contribution in [0.3, 0.4) is 0 Å². The normalized spacial score (nSPS) is 19.4. The van der Waals surface area contributed by atoms with E-state index in [1.807, 2.05) is 18.2 Å². The van der Waals surface area contributed by atoms with Crippen LogP contribution in [0.1, 0.15) is 23.7 Å². The van der Waals surface area contributed by atoms with Gasteiger partial charge in [-0.2, -0.15) is 0 Å². The summed E-state index contributed by atoms with van der Waals surface area (Å²) in [6, 6.07) is 5.85. The first kappa shape index (κ1) is 9.49. The van der Waals surface area contributed by atoms with E-state index in [1.165, 1.54) is 5.56 Å². The molecule has 1 aliphatic carbocycles. The van der Waals surface area contributed by atoms with Crippen molar-refractivity contribution < 1.29 is 14.6 Å². The topological polar surface area (TPSA) is 38.7 Å². The molecule has 1 atom stereocenters. The van der Waals surface area contributed by atoms with Gasteiger partial charge < -0.3 is 14.6 Å². The lowest BCUT2D eigenvalue weighted by molar-refractivity contribution is 0.0483. The van der Waals surface area contributed by atoms with Crippen molar-refractivity contribution in [2.75, 3.05) is 13.9 Å². The number of ether oxygens (including phenoxy) is 2. The summed E-state index contributed by atoms with van der Waals surface area (Å²) >= 11 is 0. The summed E-state index contributed by atoms with van der Waals surface area (Å²) in [5.74, 6) is 0.745. The van der Waals surface area contributed by atoms with Gasteiger partial charge in [-0.1, -0.05) is 12.1 Å². The molecule has 3 heteroatoms. The fourth-order valence-electron chi connectivity index (χ4n) is 1.87. The zero-order valence-corrected chi connectivity index (χ0v) is 8.19. The maximum absolute atomic E-state index is 9.74. The molecule has 0 spiro atoms. The highest BCUT2D eigenvalue weighted by Gasteiger charge is 2.23. The van der Waals surface area contributed by atoms with Gasteiger partial charge in [0.25, 0.3) is 0 Å². The van der Waals surface area contributed by atoms with Gasteiger partial charge in [-0.15, -0.1) is 0 Å². The number of aliphatic hydroxyl groups excluding tert-OH is 1. The van der Waals surface area contributed by atoms with Crippen molar-refractivity contribution in [1.29, 1.82) is 0 Å². The molecule has 3 nitrogen and oxygen atoms in total. The molecule has 0 heterocycles. The lowest BCUT2D eigenvalue weighted by Crippen LogP contribution is -2.03. The molecule has 14 heavy (non-hydrogen) atoms. The van der Waals surface area contributed by atoms with Crippen LogP contribution in [-0.4, -0.2) is 19.0 Å². The Labute approximate surface area is 83.3 Å². The van der Waals surface area contributed by atoms with E-state index < -0.39 is 0 Å². The first-order valence-electron chi connectivity index (χ1n) is 4.74. The van der Waals surface area contributed by atoms with Crippen LogP contribution in [0.15, 0.2) is 18.2 Å². The first-order valence-corrected chi connectivity index (χ1v) is 4.74. The van der Waals surface area contributed by atoms with Crippen molar-refractivity contribution in [1.82, 2.24) is 0 Å². The molecule has 2 rings (SSSR count). The number of hydrogen-bond acceptors (Lipinski definition) is 3. The van der Waals surface area contributed by atoms with Gasteiger partial charge in [-0.05, 0) is 24.5 Å². The van der Waals surface area contributed by atoms with Gasteiger partial charge in [-0.25, -0.2) is 0 Å². The molecule has 0 fully saturated rings. The lowest BCUT2D eigenvalue weighted by atomic mass is 10.1. The third kappa shape index (κ3) is 1.61. The van der Waals surface area contributed by atoms with Crippen molar-refractivity contribution in [3.8, 4) is 5.75 Å². The molecule has 1 aromatic carbocycles. The molecule has 0 saturated heterocycles. The zero-order valence-electron chi connectivity index (χ0n) is 8.19. The van der Waals surface area contributed by atoms with Crippen LogP contribution in [0.4, 0.5) is 0 Å². The molecule has 1 aromatic rings. The van der Waals surface area contributed by atoms with Gasteiger partial charge in [0.1, 0.15) is 5.75 Å². The Morgan fingerprint density at radius 3 is 3.14 bits per heavy atom. The van der Waals surface area contributed by atoms with Gasteiger partial charge in [-0.3, -0.25) is 0 Å². The van der Waals surface area contributed by atoms with Gasteiger partial charge in [0.05, 0.1) is 6.10 Å². The smallest absolute Gasteiger partial charge is 0.188 e. The van der Waals surface area contributed by atoms with Crippen molar-refractivity contribution in [2.24, 2.45) is 0 Å². The van der Waals surface area contributed by atoms with E-state index in [-0.39, 0.29) is 12.9 Å². The molecule has 0 aliphatic heterocycles. The van der Waals surface area contributed by atoms with E-state index in [0.717, 1.165) is 24.2 Å².